The third kappa shape index (κ3) is 5.06. The third-order valence-corrected chi connectivity index (χ3v) is 3.38. The molecule has 0 aliphatic carbocycles. The van der Waals surface area contributed by atoms with Crippen molar-refractivity contribution in [3.05, 3.63) is 29.8 Å². The van der Waals surface area contributed by atoms with Crippen molar-refractivity contribution in [1.29, 1.82) is 0 Å². The van der Waals surface area contributed by atoms with Crippen LogP contribution < -0.4 is 4.74 Å². The molecular weight excluding hydrogens is 236 g/mol. The number of ether oxygens (including phenoxy) is 1. The summed E-state index contributed by atoms with van der Waals surface area (Å²) < 4.78 is 5.53. The maximum absolute atomic E-state index is 12.4. The molecule has 0 aliphatic rings. The minimum Gasteiger partial charge on any atom is -0.494 e. The Morgan fingerprint density at radius 3 is 2.32 bits per heavy atom. The van der Waals surface area contributed by atoms with E-state index >= 15 is 0 Å². The zero-order chi connectivity index (χ0) is 14.1. The van der Waals surface area contributed by atoms with E-state index < -0.39 is 0 Å². The molecule has 0 spiro atoms. The van der Waals surface area contributed by atoms with Crippen LogP contribution in [0.3, 0.4) is 0 Å². The average molecular weight is 262 g/mol. The van der Waals surface area contributed by atoms with Gasteiger partial charge in [0.1, 0.15) is 5.75 Å². The van der Waals surface area contributed by atoms with E-state index in [2.05, 4.69) is 20.8 Å². The van der Waals surface area contributed by atoms with Gasteiger partial charge in [-0.15, -0.1) is 0 Å². The Hall–Kier alpha value is -1.31. The van der Waals surface area contributed by atoms with Crippen molar-refractivity contribution in [3.63, 3.8) is 0 Å². The molecule has 2 heteroatoms. The summed E-state index contributed by atoms with van der Waals surface area (Å²) in [5, 5.41) is 0. The highest BCUT2D eigenvalue weighted by Crippen LogP contribution is 2.20. The summed E-state index contributed by atoms with van der Waals surface area (Å²) in [5.41, 5.74) is 0.812. The molecule has 0 aliphatic heterocycles. The van der Waals surface area contributed by atoms with Crippen molar-refractivity contribution in [2.24, 2.45) is 5.92 Å². The average Bonchev–Trinajstić information content (AvgIpc) is 2.46. The molecule has 1 aromatic carbocycles. The van der Waals surface area contributed by atoms with E-state index in [0.29, 0.717) is 0 Å². The number of hydrogen-bond acceptors (Lipinski definition) is 2. The number of benzene rings is 1. The molecule has 1 atom stereocenters. The Kier molecular flexibility index (Phi) is 7.24. The zero-order valence-electron chi connectivity index (χ0n) is 12.4. The van der Waals surface area contributed by atoms with E-state index in [4.69, 9.17) is 4.74 Å². The van der Waals surface area contributed by atoms with Gasteiger partial charge in [-0.2, -0.15) is 0 Å². The van der Waals surface area contributed by atoms with Gasteiger partial charge in [-0.05, 0) is 43.5 Å². The SMILES string of the molecule is CCCCC(CC)C(=O)c1ccc(OCCC)cc1. The van der Waals surface area contributed by atoms with Crippen LogP contribution in [0.15, 0.2) is 24.3 Å². The lowest BCUT2D eigenvalue weighted by Gasteiger charge is -2.13. The predicted octanol–water partition coefficient (Wildman–Crippen LogP) is 4.87. The minimum atomic E-state index is 0.169. The van der Waals surface area contributed by atoms with Crippen LogP contribution in [0.5, 0.6) is 5.75 Å². The van der Waals surface area contributed by atoms with Gasteiger partial charge in [-0.25, -0.2) is 0 Å². The molecule has 0 saturated heterocycles. The summed E-state index contributed by atoms with van der Waals surface area (Å²) in [7, 11) is 0. The summed E-state index contributed by atoms with van der Waals surface area (Å²) in [6, 6.07) is 7.58. The van der Waals surface area contributed by atoms with Crippen molar-refractivity contribution in [3.8, 4) is 5.75 Å². The first-order chi connectivity index (χ1) is 9.22. The monoisotopic (exact) mass is 262 g/mol. The first-order valence-corrected chi connectivity index (χ1v) is 7.49. The van der Waals surface area contributed by atoms with E-state index in [-0.39, 0.29) is 11.7 Å². The van der Waals surface area contributed by atoms with E-state index in [0.717, 1.165) is 50.0 Å². The Morgan fingerprint density at radius 1 is 1.11 bits per heavy atom. The number of rotatable bonds is 9. The molecule has 19 heavy (non-hydrogen) atoms. The molecule has 0 radical (unpaired) electrons. The molecule has 0 heterocycles. The van der Waals surface area contributed by atoms with Crippen molar-refractivity contribution in [2.75, 3.05) is 6.61 Å². The molecule has 0 saturated carbocycles. The summed E-state index contributed by atoms with van der Waals surface area (Å²) >= 11 is 0. The molecular formula is C17H26O2. The number of ketones is 1. The normalized spacial score (nSPS) is 12.2. The highest BCUT2D eigenvalue weighted by molar-refractivity contribution is 5.97. The van der Waals surface area contributed by atoms with Gasteiger partial charge in [0.25, 0.3) is 0 Å². The summed E-state index contributed by atoms with van der Waals surface area (Å²) in [5.74, 6) is 1.29. The van der Waals surface area contributed by atoms with Crippen molar-refractivity contribution < 1.29 is 9.53 Å². The first-order valence-electron chi connectivity index (χ1n) is 7.49. The van der Waals surface area contributed by atoms with Gasteiger partial charge in [0.15, 0.2) is 5.78 Å². The van der Waals surface area contributed by atoms with Crippen molar-refractivity contribution in [2.45, 2.75) is 52.9 Å². The molecule has 1 unspecified atom stereocenters. The second-order valence-electron chi connectivity index (χ2n) is 4.98. The third-order valence-electron chi connectivity index (χ3n) is 3.38. The molecule has 0 amide bonds. The zero-order valence-corrected chi connectivity index (χ0v) is 12.4. The molecule has 1 rings (SSSR count). The van der Waals surface area contributed by atoms with Crippen LogP contribution in [0.25, 0.3) is 0 Å². The van der Waals surface area contributed by atoms with Gasteiger partial charge >= 0.3 is 0 Å². The fraction of sp³-hybridized carbons (Fsp3) is 0.588. The van der Waals surface area contributed by atoms with Crippen molar-refractivity contribution in [1.82, 2.24) is 0 Å². The Morgan fingerprint density at radius 2 is 1.79 bits per heavy atom. The van der Waals surface area contributed by atoms with Crippen LogP contribution in [-0.4, -0.2) is 12.4 Å². The van der Waals surface area contributed by atoms with Gasteiger partial charge < -0.3 is 4.74 Å². The number of Topliss-reactive ketones (excluding diaryl/α,β-unsaturated/α-hetero) is 1. The lowest BCUT2D eigenvalue weighted by Crippen LogP contribution is -2.14. The molecule has 0 aromatic heterocycles. The van der Waals surface area contributed by atoms with E-state index in [1.807, 2.05) is 24.3 Å². The highest BCUT2D eigenvalue weighted by Gasteiger charge is 2.17. The van der Waals surface area contributed by atoms with Crippen molar-refractivity contribution >= 4 is 5.78 Å². The summed E-state index contributed by atoms with van der Waals surface area (Å²) in [4.78, 5) is 12.4. The summed E-state index contributed by atoms with van der Waals surface area (Å²) in [6.45, 7) is 7.06. The van der Waals surface area contributed by atoms with Gasteiger partial charge in [0.2, 0.25) is 0 Å². The Labute approximate surface area is 117 Å². The number of hydrogen-bond donors (Lipinski definition) is 0. The fourth-order valence-electron chi connectivity index (χ4n) is 2.14. The number of unbranched alkanes of at least 4 members (excludes halogenated alkanes) is 1. The van der Waals surface area contributed by atoms with E-state index in [1.54, 1.807) is 0 Å². The molecule has 0 N–H and O–H groups in total. The quantitative estimate of drug-likeness (QED) is 0.593. The second-order valence-corrected chi connectivity index (χ2v) is 4.98. The molecule has 1 aromatic rings. The minimum absolute atomic E-state index is 0.169. The summed E-state index contributed by atoms with van der Waals surface area (Å²) in [6.07, 6.45) is 5.19. The molecule has 106 valence electrons. The van der Waals surface area contributed by atoms with Gasteiger partial charge in [0.05, 0.1) is 6.61 Å². The standard InChI is InChI=1S/C17H26O2/c1-4-7-8-14(6-3)17(18)15-9-11-16(12-10-15)19-13-5-2/h9-12,14H,4-8,13H2,1-3H3. The number of carbonyl (C=O) groups is 1. The van der Waals surface area contributed by atoms with Crippen LogP contribution in [0.1, 0.15) is 63.2 Å². The van der Waals surface area contributed by atoms with Crippen LogP contribution in [-0.2, 0) is 0 Å². The Balaban J connectivity index is 2.65. The van der Waals surface area contributed by atoms with E-state index in [9.17, 15) is 4.79 Å². The fourth-order valence-corrected chi connectivity index (χ4v) is 2.14. The lowest BCUT2D eigenvalue weighted by atomic mass is 9.91. The predicted molar refractivity (Wildman–Crippen MR) is 79.9 cm³/mol. The highest BCUT2D eigenvalue weighted by atomic mass is 16.5. The largest absolute Gasteiger partial charge is 0.494 e. The lowest BCUT2D eigenvalue weighted by molar-refractivity contribution is 0.0908. The Bertz CT molecular complexity index is 367. The van der Waals surface area contributed by atoms with E-state index in [1.165, 1.54) is 0 Å². The van der Waals surface area contributed by atoms with Crippen LogP contribution in [0.2, 0.25) is 0 Å². The molecule has 0 bridgehead atoms. The first kappa shape index (κ1) is 15.7. The number of carbonyl (C=O) groups excluding carboxylic acids is 1. The molecule has 2 nitrogen and oxygen atoms in total. The topological polar surface area (TPSA) is 26.3 Å². The molecule has 0 fully saturated rings. The van der Waals surface area contributed by atoms with Crippen LogP contribution in [0, 0.1) is 5.92 Å². The van der Waals surface area contributed by atoms with Crippen LogP contribution >= 0.6 is 0 Å². The maximum atomic E-state index is 12.4. The van der Waals surface area contributed by atoms with Gasteiger partial charge in [-0.1, -0.05) is 33.6 Å². The van der Waals surface area contributed by atoms with Gasteiger partial charge in [-0.3, -0.25) is 4.79 Å². The van der Waals surface area contributed by atoms with Gasteiger partial charge in [0, 0.05) is 11.5 Å². The smallest absolute Gasteiger partial charge is 0.165 e. The second kappa shape index (κ2) is 8.73. The van der Waals surface area contributed by atoms with Crippen LogP contribution in [0.4, 0.5) is 0 Å². The maximum Gasteiger partial charge on any atom is 0.165 e.